The van der Waals surface area contributed by atoms with E-state index in [0.717, 1.165) is 19.5 Å². The Labute approximate surface area is 83.5 Å². The lowest BCUT2D eigenvalue weighted by molar-refractivity contribution is 0.0724. The molecule has 13 heavy (non-hydrogen) atoms. The molecule has 0 radical (unpaired) electrons. The predicted octanol–water partition coefficient (Wildman–Crippen LogP) is 2.23. The first kappa shape index (κ1) is 12.9. The molecule has 0 bridgehead atoms. The predicted molar refractivity (Wildman–Crippen MR) is 59.9 cm³/mol. The lowest BCUT2D eigenvalue weighted by Crippen LogP contribution is -2.54. The molecular formula is C11H26N2. The lowest BCUT2D eigenvalue weighted by Gasteiger charge is -2.43. The van der Waals surface area contributed by atoms with Crippen molar-refractivity contribution in [3.63, 3.8) is 0 Å². The highest BCUT2D eigenvalue weighted by molar-refractivity contribution is 4.87. The molecule has 0 spiro atoms. The van der Waals surface area contributed by atoms with Crippen LogP contribution in [0.15, 0.2) is 0 Å². The van der Waals surface area contributed by atoms with Crippen LogP contribution in [-0.2, 0) is 0 Å². The average molecular weight is 186 g/mol. The third kappa shape index (κ3) is 3.28. The fraction of sp³-hybridized carbons (Fsp3) is 1.00. The fourth-order valence-corrected chi connectivity index (χ4v) is 1.86. The second-order valence-electron chi connectivity index (χ2n) is 4.34. The van der Waals surface area contributed by atoms with Crippen LogP contribution in [0, 0.1) is 0 Å². The Morgan fingerprint density at radius 3 is 2.08 bits per heavy atom. The largest absolute Gasteiger partial charge is 0.329 e. The van der Waals surface area contributed by atoms with Gasteiger partial charge in [-0.15, -0.1) is 0 Å². The number of nitrogens with two attached hydrogens (primary N) is 1. The molecule has 0 saturated heterocycles. The van der Waals surface area contributed by atoms with E-state index >= 15 is 0 Å². The molecule has 1 atom stereocenters. The molecule has 0 aromatic carbocycles. The smallest absolute Gasteiger partial charge is 0.0303 e. The SMILES string of the molecule is CCCN(C(C)C)C(C)(CC)CN. The summed E-state index contributed by atoms with van der Waals surface area (Å²) in [4.78, 5) is 2.52. The summed E-state index contributed by atoms with van der Waals surface area (Å²) < 4.78 is 0. The summed E-state index contributed by atoms with van der Waals surface area (Å²) >= 11 is 0. The van der Waals surface area contributed by atoms with Crippen molar-refractivity contribution in [2.45, 2.75) is 59.0 Å². The van der Waals surface area contributed by atoms with Gasteiger partial charge in [0.1, 0.15) is 0 Å². The van der Waals surface area contributed by atoms with Crippen molar-refractivity contribution in [2.75, 3.05) is 13.1 Å². The fourth-order valence-electron chi connectivity index (χ4n) is 1.86. The van der Waals surface area contributed by atoms with Crippen molar-refractivity contribution < 1.29 is 0 Å². The van der Waals surface area contributed by atoms with Crippen molar-refractivity contribution in [3.8, 4) is 0 Å². The second-order valence-corrected chi connectivity index (χ2v) is 4.34. The van der Waals surface area contributed by atoms with E-state index in [2.05, 4.69) is 39.5 Å². The third-order valence-electron chi connectivity index (χ3n) is 2.98. The second kappa shape index (κ2) is 5.61. The highest BCUT2D eigenvalue weighted by atomic mass is 15.2. The van der Waals surface area contributed by atoms with E-state index in [0.29, 0.717) is 6.04 Å². The van der Waals surface area contributed by atoms with Gasteiger partial charge in [0.2, 0.25) is 0 Å². The summed E-state index contributed by atoms with van der Waals surface area (Å²) in [5.41, 5.74) is 6.03. The van der Waals surface area contributed by atoms with Crippen LogP contribution in [0.2, 0.25) is 0 Å². The Balaban J connectivity index is 4.48. The Morgan fingerprint density at radius 2 is 1.85 bits per heavy atom. The molecule has 2 nitrogen and oxygen atoms in total. The summed E-state index contributed by atoms with van der Waals surface area (Å²) in [6.07, 6.45) is 2.33. The molecule has 2 N–H and O–H groups in total. The van der Waals surface area contributed by atoms with E-state index in [1.54, 1.807) is 0 Å². The number of rotatable bonds is 6. The molecule has 0 aromatic rings. The van der Waals surface area contributed by atoms with E-state index in [4.69, 9.17) is 5.73 Å². The maximum Gasteiger partial charge on any atom is 0.0303 e. The van der Waals surface area contributed by atoms with Gasteiger partial charge < -0.3 is 5.73 Å². The van der Waals surface area contributed by atoms with E-state index < -0.39 is 0 Å². The van der Waals surface area contributed by atoms with Crippen LogP contribution >= 0.6 is 0 Å². The molecule has 0 rings (SSSR count). The zero-order chi connectivity index (χ0) is 10.5. The minimum atomic E-state index is 0.185. The number of hydrogen-bond acceptors (Lipinski definition) is 2. The molecule has 0 amide bonds. The zero-order valence-electron chi connectivity index (χ0n) is 9.93. The van der Waals surface area contributed by atoms with E-state index in [9.17, 15) is 0 Å². The highest BCUT2D eigenvalue weighted by Crippen LogP contribution is 2.20. The summed E-state index contributed by atoms with van der Waals surface area (Å²) in [5, 5.41) is 0. The van der Waals surface area contributed by atoms with Gasteiger partial charge in [-0.05, 0) is 40.2 Å². The first-order chi connectivity index (χ1) is 6.01. The van der Waals surface area contributed by atoms with Gasteiger partial charge in [0.05, 0.1) is 0 Å². The average Bonchev–Trinajstić information content (AvgIpc) is 2.12. The normalized spacial score (nSPS) is 16.6. The van der Waals surface area contributed by atoms with Crippen LogP contribution in [0.5, 0.6) is 0 Å². The molecule has 0 saturated carbocycles. The molecule has 1 unspecified atom stereocenters. The van der Waals surface area contributed by atoms with Crippen LogP contribution in [0.3, 0.4) is 0 Å². The van der Waals surface area contributed by atoms with Crippen LogP contribution < -0.4 is 5.73 Å². The van der Waals surface area contributed by atoms with E-state index in [1.807, 2.05) is 0 Å². The summed E-state index contributed by atoms with van der Waals surface area (Å²) in [5.74, 6) is 0. The first-order valence-corrected chi connectivity index (χ1v) is 5.48. The Morgan fingerprint density at radius 1 is 1.31 bits per heavy atom. The third-order valence-corrected chi connectivity index (χ3v) is 2.98. The van der Waals surface area contributed by atoms with E-state index in [-0.39, 0.29) is 5.54 Å². The molecule has 2 heteroatoms. The van der Waals surface area contributed by atoms with Crippen LogP contribution in [0.4, 0.5) is 0 Å². The maximum absolute atomic E-state index is 5.84. The minimum Gasteiger partial charge on any atom is -0.329 e. The van der Waals surface area contributed by atoms with E-state index in [1.165, 1.54) is 6.42 Å². The van der Waals surface area contributed by atoms with Gasteiger partial charge >= 0.3 is 0 Å². The number of hydrogen-bond donors (Lipinski definition) is 1. The highest BCUT2D eigenvalue weighted by Gasteiger charge is 2.29. The molecule has 0 heterocycles. The molecule has 0 aliphatic carbocycles. The Hall–Kier alpha value is -0.0800. The van der Waals surface area contributed by atoms with Crippen molar-refractivity contribution in [1.82, 2.24) is 4.90 Å². The topological polar surface area (TPSA) is 29.3 Å². The number of nitrogens with zero attached hydrogens (tertiary/aromatic N) is 1. The molecule has 0 aromatic heterocycles. The quantitative estimate of drug-likeness (QED) is 0.689. The van der Waals surface area contributed by atoms with Gasteiger partial charge in [0.25, 0.3) is 0 Å². The van der Waals surface area contributed by atoms with Crippen molar-refractivity contribution >= 4 is 0 Å². The lowest BCUT2D eigenvalue weighted by atomic mass is 9.94. The summed E-state index contributed by atoms with van der Waals surface area (Å²) in [7, 11) is 0. The minimum absolute atomic E-state index is 0.185. The van der Waals surface area contributed by atoms with Gasteiger partial charge in [-0.2, -0.15) is 0 Å². The van der Waals surface area contributed by atoms with Crippen LogP contribution in [0.25, 0.3) is 0 Å². The van der Waals surface area contributed by atoms with Gasteiger partial charge in [-0.3, -0.25) is 4.90 Å². The Bertz CT molecular complexity index is 128. The molecular weight excluding hydrogens is 160 g/mol. The Kier molecular flexibility index (Phi) is 5.57. The van der Waals surface area contributed by atoms with Crippen molar-refractivity contribution in [2.24, 2.45) is 5.73 Å². The van der Waals surface area contributed by atoms with Crippen LogP contribution in [0.1, 0.15) is 47.5 Å². The van der Waals surface area contributed by atoms with Crippen molar-refractivity contribution in [3.05, 3.63) is 0 Å². The van der Waals surface area contributed by atoms with Gasteiger partial charge in [-0.1, -0.05) is 13.8 Å². The van der Waals surface area contributed by atoms with Crippen LogP contribution in [-0.4, -0.2) is 29.6 Å². The monoisotopic (exact) mass is 186 g/mol. The first-order valence-electron chi connectivity index (χ1n) is 5.48. The maximum atomic E-state index is 5.84. The molecule has 0 aliphatic rings. The van der Waals surface area contributed by atoms with Gasteiger partial charge in [-0.25, -0.2) is 0 Å². The zero-order valence-corrected chi connectivity index (χ0v) is 9.93. The molecule has 80 valence electrons. The van der Waals surface area contributed by atoms with Gasteiger partial charge in [0.15, 0.2) is 0 Å². The summed E-state index contributed by atoms with van der Waals surface area (Å²) in [6.45, 7) is 13.1. The van der Waals surface area contributed by atoms with Gasteiger partial charge in [0, 0.05) is 18.1 Å². The standard InChI is InChI=1S/C11H26N2/c1-6-8-13(10(3)4)11(5,7-2)9-12/h10H,6-9,12H2,1-5H3. The van der Waals surface area contributed by atoms with Crippen molar-refractivity contribution in [1.29, 1.82) is 0 Å². The summed E-state index contributed by atoms with van der Waals surface area (Å²) in [6, 6.07) is 0.591. The molecule has 0 fully saturated rings. The molecule has 0 aliphatic heterocycles.